The van der Waals surface area contributed by atoms with E-state index < -0.39 is 31.6 Å². The second-order valence-corrected chi connectivity index (χ2v) is 17.4. The molecule has 46 heavy (non-hydrogen) atoms. The summed E-state index contributed by atoms with van der Waals surface area (Å²) in [6.07, 6.45) is 2.42. The van der Waals surface area contributed by atoms with Gasteiger partial charge in [-0.15, -0.1) is 0 Å². The third-order valence-electron chi connectivity index (χ3n) is 10.4. The largest absolute Gasteiger partial charge is 0.497 e. The van der Waals surface area contributed by atoms with Crippen LogP contribution in [0.2, 0.25) is 18.6 Å². The molecule has 4 aliphatic rings. The highest BCUT2D eigenvalue weighted by Crippen LogP contribution is 2.60. The molecule has 0 saturated carbocycles. The van der Waals surface area contributed by atoms with Crippen molar-refractivity contribution in [1.82, 2.24) is 10.2 Å². The summed E-state index contributed by atoms with van der Waals surface area (Å²) in [5.41, 5.74) is 0.571. The van der Waals surface area contributed by atoms with Crippen LogP contribution < -0.4 is 20.3 Å². The molecule has 6 atom stereocenters. The molecule has 3 fully saturated rings. The van der Waals surface area contributed by atoms with E-state index in [1.54, 1.807) is 42.1 Å². The number of nitrogens with zero attached hydrogens (tertiary/aromatic N) is 2. The Hall–Kier alpha value is -3.32. The smallest absolute Gasteiger partial charge is 0.264 e. The van der Waals surface area contributed by atoms with E-state index >= 15 is 4.11 Å². The fourth-order valence-electron chi connectivity index (χ4n) is 8.22. The van der Waals surface area contributed by atoms with Gasteiger partial charge in [-0.3, -0.25) is 14.4 Å². The van der Waals surface area contributed by atoms with Gasteiger partial charge in [0.15, 0.2) is 5.60 Å². The van der Waals surface area contributed by atoms with Crippen molar-refractivity contribution in [2.45, 2.75) is 88.0 Å². The van der Waals surface area contributed by atoms with Crippen molar-refractivity contribution in [3.05, 3.63) is 53.6 Å². The summed E-state index contributed by atoms with van der Waals surface area (Å²) in [7, 11) is -1.92. The van der Waals surface area contributed by atoms with Crippen molar-refractivity contribution in [3.63, 3.8) is 0 Å². The molecule has 3 amide bonds. The van der Waals surface area contributed by atoms with E-state index in [-0.39, 0.29) is 49.4 Å². The minimum absolute atomic E-state index is 0.0578. The fraction of sp³-hybridized carbons (Fsp3) is 0.559. The molecule has 12 heteroatoms. The molecule has 10 nitrogen and oxygen atoms in total. The molecule has 3 saturated heterocycles. The molecular formula is C34H45FN4O6Si. The number of methoxy groups -OCH3 is 1. The summed E-state index contributed by atoms with van der Waals surface area (Å²) in [6.45, 7) is 6.55. The Bertz CT molecular complexity index is 1500. The minimum atomic E-state index is -3.47. The fourth-order valence-corrected chi connectivity index (χ4v) is 10.7. The normalized spacial score (nSPS) is 29.1. The molecule has 3 N–H and O–H groups in total. The van der Waals surface area contributed by atoms with Crippen LogP contribution in [0.4, 0.5) is 15.5 Å². The summed E-state index contributed by atoms with van der Waals surface area (Å²) in [5.74, 6) is -0.587. The number of rotatable bonds is 9. The van der Waals surface area contributed by atoms with Gasteiger partial charge in [-0.1, -0.05) is 19.1 Å². The zero-order valence-corrected chi connectivity index (χ0v) is 28.1. The molecule has 2 aromatic carbocycles. The van der Waals surface area contributed by atoms with E-state index in [1.165, 1.54) is 0 Å². The second kappa shape index (κ2) is 12.7. The Balaban J connectivity index is 1.32. The van der Waals surface area contributed by atoms with E-state index in [1.807, 2.05) is 37.3 Å². The second-order valence-electron chi connectivity index (χ2n) is 13.7. The Morgan fingerprint density at radius 1 is 1.20 bits per heavy atom. The van der Waals surface area contributed by atoms with Gasteiger partial charge in [0.05, 0.1) is 50.6 Å². The maximum atomic E-state index is 16.3. The maximum Gasteiger partial charge on any atom is 0.264 e. The lowest BCUT2D eigenvalue weighted by Gasteiger charge is -2.31. The average Bonchev–Trinajstić information content (AvgIpc) is 3.81. The third kappa shape index (κ3) is 5.73. The first-order valence-electron chi connectivity index (χ1n) is 16.4. The van der Waals surface area contributed by atoms with Crippen LogP contribution in [-0.2, 0) is 31.3 Å². The molecule has 0 radical (unpaired) electrons. The summed E-state index contributed by atoms with van der Waals surface area (Å²) in [6, 6.07) is 12.4. The third-order valence-corrected chi connectivity index (χ3v) is 12.8. The van der Waals surface area contributed by atoms with Crippen molar-refractivity contribution in [2.24, 2.45) is 5.92 Å². The molecule has 0 aromatic heterocycles. The number of halogens is 1. The lowest BCUT2D eigenvalue weighted by atomic mass is 9.82. The van der Waals surface area contributed by atoms with E-state index in [0.717, 1.165) is 37.8 Å². The van der Waals surface area contributed by atoms with Gasteiger partial charge in [-0.25, -0.2) is 0 Å². The van der Waals surface area contributed by atoms with Gasteiger partial charge in [0, 0.05) is 29.3 Å². The van der Waals surface area contributed by atoms with Gasteiger partial charge in [0.25, 0.3) is 5.91 Å². The van der Waals surface area contributed by atoms with Crippen molar-refractivity contribution in [1.29, 1.82) is 0 Å². The van der Waals surface area contributed by atoms with Crippen LogP contribution in [0.1, 0.15) is 50.2 Å². The molecule has 6 rings (SSSR count). The topological polar surface area (TPSA) is 120 Å². The van der Waals surface area contributed by atoms with E-state index in [2.05, 4.69) is 10.6 Å². The number of likely N-dealkylation sites (tertiary alicyclic amines) is 1. The van der Waals surface area contributed by atoms with Crippen LogP contribution in [0.5, 0.6) is 5.75 Å². The molecule has 0 bridgehead atoms. The Labute approximate surface area is 270 Å². The zero-order chi connectivity index (χ0) is 32.8. The van der Waals surface area contributed by atoms with Gasteiger partial charge in [0.2, 0.25) is 20.2 Å². The summed E-state index contributed by atoms with van der Waals surface area (Å²) < 4.78 is 28.6. The number of nitrogens with one attached hydrogen (secondary N) is 2. The number of hydrogen-bond acceptors (Lipinski definition) is 7. The van der Waals surface area contributed by atoms with Gasteiger partial charge in [-0.2, -0.15) is 0 Å². The van der Waals surface area contributed by atoms with Crippen LogP contribution in [0.25, 0.3) is 0 Å². The number of carbonyl (C=O) groups excluding carboxylic acids is 3. The maximum absolute atomic E-state index is 16.3. The molecule has 1 spiro atoms. The van der Waals surface area contributed by atoms with E-state index in [9.17, 15) is 19.5 Å². The lowest BCUT2D eigenvalue weighted by Crippen LogP contribution is -2.45. The van der Waals surface area contributed by atoms with E-state index in [0.29, 0.717) is 29.2 Å². The summed E-state index contributed by atoms with van der Waals surface area (Å²) in [4.78, 5) is 44.4. The van der Waals surface area contributed by atoms with E-state index in [4.69, 9.17) is 9.47 Å². The molecule has 4 heterocycles. The number of amides is 3. The highest BCUT2D eigenvalue weighted by atomic mass is 28.4. The first-order valence-corrected chi connectivity index (χ1v) is 19.3. The number of ether oxygens (including phenoxy) is 2. The molecule has 2 aromatic rings. The number of aliphatic hydroxyl groups is 1. The number of hydrogen-bond donors (Lipinski definition) is 3. The average molecular weight is 653 g/mol. The number of anilines is 2. The highest BCUT2D eigenvalue weighted by Gasteiger charge is 2.67. The molecule has 0 unspecified atom stereocenters. The molecule has 0 aliphatic carbocycles. The van der Waals surface area contributed by atoms with Crippen LogP contribution in [0, 0.1) is 5.92 Å². The first kappa shape index (κ1) is 32.6. The number of carbonyl (C=O) groups is 3. The van der Waals surface area contributed by atoms with Gasteiger partial charge >= 0.3 is 0 Å². The van der Waals surface area contributed by atoms with Gasteiger partial charge < -0.3 is 39.1 Å². The molecule has 4 aliphatic heterocycles. The Kier molecular flexibility index (Phi) is 9.01. The van der Waals surface area contributed by atoms with Crippen molar-refractivity contribution in [2.75, 3.05) is 37.0 Å². The van der Waals surface area contributed by atoms with Crippen LogP contribution in [0.15, 0.2) is 42.5 Å². The van der Waals surface area contributed by atoms with Crippen molar-refractivity contribution in [3.8, 4) is 5.75 Å². The molecular weight excluding hydrogens is 607 g/mol. The quantitative estimate of drug-likeness (QED) is 0.276. The summed E-state index contributed by atoms with van der Waals surface area (Å²) in [5, 5.41) is 16.0. The predicted octanol–water partition coefficient (Wildman–Crippen LogP) is 4.08. The monoisotopic (exact) mass is 652 g/mol. The molecule has 248 valence electrons. The first-order chi connectivity index (χ1) is 22.0. The summed E-state index contributed by atoms with van der Waals surface area (Å²) >= 11 is 0. The van der Waals surface area contributed by atoms with Crippen LogP contribution >= 0.6 is 0 Å². The number of benzene rings is 2. The zero-order valence-electron chi connectivity index (χ0n) is 27.1. The number of aliphatic hydroxyl groups excluding tert-OH is 1. The highest BCUT2D eigenvalue weighted by molar-refractivity contribution is 6.72. The van der Waals surface area contributed by atoms with Gasteiger partial charge in [0.1, 0.15) is 5.75 Å². The van der Waals surface area contributed by atoms with Crippen LogP contribution in [0.3, 0.4) is 0 Å². The Morgan fingerprint density at radius 3 is 2.70 bits per heavy atom. The van der Waals surface area contributed by atoms with Gasteiger partial charge in [-0.05, 0) is 81.2 Å². The minimum Gasteiger partial charge on any atom is -0.497 e. The standard InChI is InChI=1S/C34H45FN4O6Si/c1-21-31(46(3,4)35)29(18-30(41)38-15-7-10-24(38)20-40)45-34(21)26-17-25(44-2)12-13-28(26)39(33(34)43)19-22-8-5-9-23(16-22)37-32(42)27-11-6-14-36-27/h5,8-9,12-13,16-17,21,24,27,29,31,36,40H,6-7,10-11,14-15,18-20H2,1-4H3,(H,37,42)/t21-,24-,27+,29+,31-,34+/m0/s1. The van der Waals surface area contributed by atoms with Crippen molar-refractivity contribution >= 4 is 37.5 Å². The predicted molar refractivity (Wildman–Crippen MR) is 175 cm³/mol. The van der Waals surface area contributed by atoms with Crippen molar-refractivity contribution < 1.29 is 33.1 Å². The lowest BCUT2D eigenvalue weighted by molar-refractivity contribution is -0.150. The SMILES string of the molecule is COc1ccc2c(c1)[C@@]1(O[C@H](CC(=O)N3CCC[C@H]3CO)[C@@H]([Si](C)(C)F)[C@@H]1C)C(=O)N2Cc1cccc(NC(=O)[C@H]2CCCN2)c1. The Morgan fingerprint density at radius 2 is 2.00 bits per heavy atom. The number of fused-ring (bicyclic) bond motifs is 2. The van der Waals surface area contributed by atoms with Crippen LogP contribution in [-0.4, -0.2) is 81.1 Å².